The molecule has 34 heavy (non-hydrogen) atoms. The van der Waals surface area contributed by atoms with Crippen LogP contribution in [-0.2, 0) is 17.8 Å². The molecule has 178 valence electrons. The van der Waals surface area contributed by atoms with Crippen LogP contribution in [0.4, 0.5) is 0 Å². The summed E-state index contributed by atoms with van der Waals surface area (Å²) in [5, 5.41) is 0.362. The molecule has 10 nitrogen and oxygen atoms in total. The molecule has 1 aromatic heterocycles. The van der Waals surface area contributed by atoms with Gasteiger partial charge in [-0.2, -0.15) is 0 Å². The molecule has 0 atom stereocenters. The third-order valence-corrected chi connectivity index (χ3v) is 6.25. The third-order valence-electron chi connectivity index (χ3n) is 6.25. The van der Waals surface area contributed by atoms with E-state index < -0.39 is 11.2 Å². The number of aromatic nitrogens is 2. The van der Waals surface area contributed by atoms with Crippen molar-refractivity contribution in [3.8, 4) is 11.5 Å². The first kappa shape index (κ1) is 22.2. The Bertz CT molecular complexity index is 1340. The average molecular weight is 466 g/mol. The number of H-pyrrole nitrogens is 1. The topological polar surface area (TPSA) is 106 Å². The van der Waals surface area contributed by atoms with Gasteiger partial charge in [-0.05, 0) is 35.9 Å². The summed E-state index contributed by atoms with van der Waals surface area (Å²) in [6, 6.07) is 10.8. The summed E-state index contributed by atoms with van der Waals surface area (Å²) in [6.07, 6.45) is 0. The Labute approximate surface area is 195 Å². The van der Waals surface area contributed by atoms with Crippen LogP contribution in [0.1, 0.15) is 15.9 Å². The van der Waals surface area contributed by atoms with E-state index in [4.69, 9.17) is 14.2 Å². The molecule has 10 heteroatoms. The Hall–Kier alpha value is -3.63. The Morgan fingerprint density at radius 2 is 1.82 bits per heavy atom. The summed E-state index contributed by atoms with van der Waals surface area (Å²) in [6.45, 7) is 4.12. The maximum Gasteiger partial charge on any atom is 0.328 e. The van der Waals surface area contributed by atoms with E-state index in [0.29, 0.717) is 29.6 Å². The predicted molar refractivity (Wildman–Crippen MR) is 124 cm³/mol. The monoisotopic (exact) mass is 466 g/mol. The lowest BCUT2D eigenvalue weighted by atomic mass is 10.1. The zero-order chi connectivity index (χ0) is 23.7. The predicted octanol–water partition coefficient (Wildman–Crippen LogP) is 1.02. The highest BCUT2D eigenvalue weighted by atomic mass is 16.7. The molecule has 0 radical (unpaired) electrons. The molecule has 2 aliphatic rings. The van der Waals surface area contributed by atoms with Crippen LogP contribution in [0, 0.1) is 0 Å². The van der Waals surface area contributed by atoms with Crippen LogP contribution in [0.15, 0.2) is 46.0 Å². The Morgan fingerprint density at radius 1 is 1.03 bits per heavy atom. The second-order valence-electron chi connectivity index (χ2n) is 8.40. The SMILES string of the molecule is COCCn1c(=O)[nH]c2cc(C(=O)N3CCN(Cc4ccc5c(c4)OCO5)CC3)ccc2c1=O. The summed E-state index contributed by atoms with van der Waals surface area (Å²) >= 11 is 0. The van der Waals surface area contributed by atoms with E-state index in [1.54, 1.807) is 23.1 Å². The summed E-state index contributed by atoms with van der Waals surface area (Å²) in [7, 11) is 1.51. The largest absolute Gasteiger partial charge is 0.454 e. The van der Waals surface area contributed by atoms with Crippen LogP contribution in [0.2, 0.25) is 0 Å². The van der Waals surface area contributed by atoms with Gasteiger partial charge in [0.25, 0.3) is 11.5 Å². The van der Waals surface area contributed by atoms with Gasteiger partial charge in [-0.25, -0.2) is 4.79 Å². The molecule has 2 aromatic carbocycles. The molecule has 0 bridgehead atoms. The van der Waals surface area contributed by atoms with Gasteiger partial charge in [-0.1, -0.05) is 6.07 Å². The minimum atomic E-state index is -0.517. The number of piperazine rings is 1. The van der Waals surface area contributed by atoms with Crippen LogP contribution >= 0.6 is 0 Å². The highest BCUT2D eigenvalue weighted by Crippen LogP contribution is 2.32. The van der Waals surface area contributed by atoms with Crippen molar-refractivity contribution in [3.05, 3.63) is 68.4 Å². The first-order valence-electron chi connectivity index (χ1n) is 11.2. The van der Waals surface area contributed by atoms with Gasteiger partial charge in [-0.15, -0.1) is 0 Å². The van der Waals surface area contributed by atoms with Gasteiger partial charge >= 0.3 is 5.69 Å². The van der Waals surface area contributed by atoms with Crippen molar-refractivity contribution in [2.75, 3.05) is 46.7 Å². The molecular formula is C24H26N4O6. The van der Waals surface area contributed by atoms with Gasteiger partial charge in [0.1, 0.15) is 0 Å². The number of methoxy groups -OCH3 is 1. The zero-order valence-corrected chi connectivity index (χ0v) is 18.9. The number of carbonyl (C=O) groups is 1. The van der Waals surface area contributed by atoms with Gasteiger partial charge < -0.3 is 24.1 Å². The molecule has 5 rings (SSSR count). The smallest absolute Gasteiger partial charge is 0.328 e. The molecule has 1 saturated heterocycles. The van der Waals surface area contributed by atoms with Crippen LogP contribution in [0.5, 0.6) is 11.5 Å². The number of nitrogens with one attached hydrogen (secondary N) is 1. The lowest BCUT2D eigenvalue weighted by Gasteiger charge is -2.34. The van der Waals surface area contributed by atoms with Gasteiger partial charge in [0.2, 0.25) is 6.79 Å². The fraction of sp³-hybridized carbons (Fsp3) is 0.375. The van der Waals surface area contributed by atoms with Crippen molar-refractivity contribution in [3.63, 3.8) is 0 Å². The molecule has 1 fully saturated rings. The fourth-order valence-electron chi connectivity index (χ4n) is 4.36. The first-order valence-corrected chi connectivity index (χ1v) is 11.2. The Kier molecular flexibility index (Phi) is 6.08. The number of amides is 1. The molecule has 0 spiro atoms. The molecule has 3 heterocycles. The first-order chi connectivity index (χ1) is 16.5. The molecule has 3 aromatic rings. The van der Waals surface area contributed by atoms with Gasteiger partial charge in [0, 0.05) is 45.4 Å². The third kappa shape index (κ3) is 4.29. The van der Waals surface area contributed by atoms with E-state index in [1.165, 1.54) is 7.11 Å². The van der Waals surface area contributed by atoms with Crippen molar-refractivity contribution in [2.24, 2.45) is 0 Å². The van der Waals surface area contributed by atoms with Crippen LogP contribution < -0.4 is 20.7 Å². The number of hydrogen-bond acceptors (Lipinski definition) is 7. The van der Waals surface area contributed by atoms with Crippen LogP contribution in [-0.4, -0.2) is 71.9 Å². The number of benzene rings is 2. The quantitative estimate of drug-likeness (QED) is 0.578. The van der Waals surface area contributed by atoms with E-state index in [0.717, 1.165) is 41.3 Å². The minimum absolute atomic E-state index is 0.117. The number of ether oxygens (including phenoxy) is 3. The van der Waals surface area contributed by atoms with Gasteiger partial charge in [-0.3, -0.25) is 19.1 Å². The number of nitrogens with zero attached hydrogens (tertiary/aromatic N) is 3. The minimum Gasteiger partial charge on any atom is -0.454 e. The van der Waals surface area contributed by atoms with E-state index in [-0.39, 0.29) is 25.9 Å². The molecule has 0 unspecified atom stereocenters. The van der Waals surface area contributed by atoms with E-state index in [9.17, 15) is 14.4 Å². The second kappa shape index (κ2) is 9.32. The van der Waals surface area contributed by atoms with Crippen molar-refractivity contribution in [1.29, 1.82) is 0 Å². The fourth-order valence-corrected chi connectivity index (χ4v) is 4.36. The highest BCUT2D eigenvalue weighted by molar-refractivity contribution is 5.97. The molecule has 0 saturated carbocycles. The Balaban J connectivity index is 1.25. The maximum absolute atomic E-state index is 13.1. The van der Waals surface area contributed by atoms with Crippen molar-refractivity contribution >= 4 is 16.8 Å². The summed E-state index contributed by atoms with van der Waals surface area (Å²) in [5.41, 5.74) is 1.03. The van der Waals surface area contributed by atoms with Gasteiger partial charge in [0.05, 0.1) is 24.1 Å². The summed E-state index contributed by atoms with van der Waals surface area (Å²) in [4.78, 5) is 44.9. The highest BCUT2D eigenvalue weighted by Gasteiger charge is 2.23. The molecule has 2 aliphatic heterocycles. The maximum atomic E-state index is 13.1. The molecule has 1 N–H and O–H groups in total. The molecule has 1 amide bonds. The average Bonchev–Trinajstić information content (AvgIpc) is 3.32. The van der Waals surface area contributed by atoms with Crippen LogP contribution in [0.25, 0.3) is 10.9 Å². The zero-order valence-electron chi connectivity index (χ0n) is 18.9. The lowest BCUT2D eigenvalue weighted by molar-refractivity contribution is 0.0628. The van der Waals surface area contributed by atoms with Crippen LogP contribution in [0.3, 0.4) is 0 Å². The number of aromatic amines is 1. The molecular weight excluding hydrogens is 440 g/mol. The number of fused-ring (bicyclic) bond motifs is 2. The van der Waals surface area contributed by atoms with E-state index >= 15 is 0 Å². The van der Waals surface area contributed by atoms with Crippen molar-refractivity contribution in [1.82, 2.24) is 19.4 Å². The number of rotatable bonds is 6. The summed E-state index contributed by atoms with van der Waals surface area (Å²) in [5.74, 6) is 1.42. The molecule has 0 aliphatic carbocycles. The number of carbonyl (C=O) groups excluding carboxylic acids is 1. The Morgan fingerprint density at radius 3 is 2.62 bits per heavy atom. The van der Waals surface area contributed by atoms with E-state index in [1.807, 2.05) is 18.2 Å². The van der Waals surface area contributed by atoms with Crippen molar-refractivity contribution in [2.45, 2.75) is 13.1 Å². The summed E-state index contributed by atoms with van der Waals surface area (Å²) < 4.78 is 16.9. The lowest BCUT2D eigenvalue weighted by Crippen LogP contribution is -2.48. The van der Waals surface area contributed by atoms with Gasteiger partial charge in [0.15, 0.2) is 11.5 Å². The second-order valence-corrected chi connectivity index (χ2v) is 8.40. The van der Waals surface area contributed by atoms with E-state index in [2.05, 4.69) is 9.88 Å². The normalized spacial score (nSPS) is 15.7. The standard InChI is InChI=1S/C24H26N4O6/c1-32-11-10-28-23(30)18-4-3-17(13-19(18)25-24(28)31)22(29)27-8-6-26(7-9-27)14-16-2-5-20-21(12-16)34-15-33-20/h2-5,12-13H,6-11,14-15H2,1H3,(H,25,31). The van der Waals surface area contributed by atoms with Crippen molar-refractivity contribution < 1.29 is 19.0 Å². The number of hydrogen-bond donors (Lipinski definition) is 1.